The van der Waals surface area contributed by atoms with Crippen LogP contribution in [0.5, 0.6) is 0 Å². The molecule has 0 aliphatic rings. The highest BCUT2D eigenvalue weighted by molar-refractivity contribution is 5.86. The third-order valence-corrected chi connectivity index (χ3v) is 6.15. The van der Waals surface area contributed by atoms with Crippen molar-refractivity contribution in [3.05, 3.63) is 114 Å². The van der Waals surface area contributed by atoms with Gasteiger partial charge in [-0.2, -0.15) is 0 Å². The summed E-state index contributed by atoms with van der Waals surface area (Å²) in [6.07, 6.45) is 5.08. The highest BCUT2D eigenvalue weighted by Crippen LogP contribution is 2.37. The van der Waals surface area contributed by atoms with Crippen molar-refractivity contribution in [1.29, 1.82) is 0 Å². The molecular weight excluding hydrogens is 424 g/mol. The van der Waals surface area contributed by atoms with Crippen LogP contribution in [0.1, 0.15) is 76.8 Å². The number of allylic oxidation sites excluding steroid dienone is 5. The van der Waals surface area contributed by atoms with Crippen LogP contribution in [0.15, 0.2) is 97.1 Å². The van der Waals surface area contributed by atoms with E-state index in [1.165, 1.54) is 0 Å². The molecule has 0 radical (unpaired) electrons. The molecule has 0 aliphatic heterocycles. The minimum atomic E-state index is -2.33. The molecule has 0 spiro atoms. The Labute approximate surface area is 217 Å². The molecule has 178 valence electrons. The standard InChI is InChI=1S/C33H36N2/c1-8-9-14-24(6)25(7)26-15-12-16-27(21-26)33-34-30-19-10-11-20-31(30)35(33)32-28(22(2)3)17-13-18-29(32)23(4)5/h8-23H,7H2,1-6H3/b9-8-,24-14-/i6D3,22D,23D. The van der Waals surface area contributed by atoms with Gasteiger partial charge in [-0.3, -0.25) is 4.57 Å². The highest BCUT2D eigenvalue weighted by atomic mass is 15.1. The first-order chi connectivity index (χ1) is 18.6. The van der Waals surface area contributed by atoms with Gasteiger partial charge in [0.25, 0.3) is 0 Å². The van der Waals surface area contributed by atoms with E-state index in [0.717, 1.165) is 33.4 Å². The molecule has 0 fully saturated rings. The van der Waals surface area contributed by atoms with E-state index >= 15 is 0 Å². The van der Waals surface area contributed by atoms with Gasteiger partial charge in [0, 0.05) is 12.4 Å². The fraction of sp³-hybridized carbons (Fsp3) is 0.242. The zero-order valence-electron chi connectivity index (χ0n) is 26.2. The first-order valence-electron chi connectivity index (χ1n) is 14.4. The Morgan fingerprint density at radius 1 is 0.971 bits per heavy atom. The minimum Gasteiger partial charge on any atom is -0.292 e. The molecule has 0 saturated heterocycles. The molecule has 1 aromatic heterocycles. The summed E-state index contributed by atoms with van der Waals surface area (Å²) in [4.78, 5) is 5.02. The summed E-state index contributed by atoms with van der Waals surface area (Å²) in [5.41, 5.74) is 6.04. The zero-order chi connectivity index (χ0) is 29.5. The summed E-state index contributed by atoms with van der Waals surface area (Å²) < 4.78 is 44.2. The Bertz CT molecular complexity index is 1590. The molecule has 4 rings (SSSR count). The largest absolute Gasteiger partial charge is 0.292 e. The van der Waals surface area contributed by atoms with Gasteiger partial charge < -0.3 is 0 Å². The van der Waals surface area contributed by atoms with Gasteiger partial charge in [0.2, 0.25) is 0 Å². The number of benzene rings is 3. The molecule has 0 saturated carbocycles. The molecule has 0 aliphatic carbocycles. The summed E-state index contributed by atoms with van der Waals surface area (Å²) in [5, 5.41) is 0. The second-order valence-electron chi connectivity index (χ2n) is 9.13. The molecule has 4 aromatic rings. The van der Waals surface area contributed by atoms with Crippen molar-refractivity contribution in [2.75, 3.05) is 0 Å². The average Bonchev–Trinajstić information content (AvgIpc) is 3.26. The predicted molar refractivity (Wildman–Crippen MR) is 152 cm³/mol. The van der Waals surface area contributed by atoms with E-state index in [2.05, 4.69) is 11.1 Å². The van der Waals surface area contributed by atoms with Crippen molar-refractivity contribution >= 4 is 16.6 Å². The number of fused-ring (bicyclic) bond motifs is 1. The molecular formula is C33H36N2. The number of hydrogen-bond donors (Lipinski definition) is 0. The first-order valence-corrected chi connectivity index (χ1v) is 11.9. The molecule has 3 aromatic carbocycles. The summed E-state index contributed by atoms with van der Waals surface area (Å²) in [7, 11) is 0. The Hall–Kier alpha value is -3.65. The van der Waals surface area contributed by atoms with E-state index in [-0.39, 0.29) is 5.57 Å². The smallest absolute Gasteiger partial charge is 0.145 e. The molecule has 0 atom stereocenters. The molecule has 0 bridgehead atoms. The van der Waals surface area contributed by atoms with E-state index in [1.54, 1.807) is 18.2 Å². The van der Waals surface area contributed by atoms with E-state index in [4.69, 9.17) is 11.8 Å². The number of para-hydroxylation sites is 3. The van der Waals surface area contributed by atoms with Gasteiger partial charge in [-0.25, -0.2) is 4.98 Å². The first kappa shape index (κ1) is 18.6. The number of aromatic nitrogens is 2. The van der Waals surface area contributed by atoms with Crippen molar-refractivity contribution in [3.8, 4) is 17.1 Å². The summed E-state index contributed by atoms with van der Waals surface area (Å²) in [6.45, 7) is 11.1. The molecule has 35 heavy (non-hydrogen) atoms. The third kappa shape index (κ3) is 4.79. The lowest BCUT2D eigenvalue weighted by molar-refractivity contribution is 0.811. The lowest BCUT2D eigenvalue weighted by atomic mass is 9.92. The monoisotopic (exact) mass is 465 g/mol. The van der Waals surface area contributed by atoms with Gasteiger partial charge >= 0.3 is 0 Å². The topological polar surface area (TPSA) is 17.8 Å². The van der Waals surface area contributed by atoms with Crippen LogP contribution in [-0.4, -0.2) is 9.55 Å². The Morgan fingerprint density at radius 2 is 1.66 bits per heavy atom. The van der Waals surface area contributed by atoms with Crippen LogP contribution in [0.25, 0.3) is 33.7 Å². The zero-order valence-corrected chi connectivity index (χ0v) is 21.2. The average molecular weight is 466 g/mol. The van der Waals surface area contributed by atoms with Crippen molar-refractivity contribution in [3.63, 3.8) is 0 Å². The van der Waals surface area contributed by atoms with Gasteiger partial charge in [-0.15, -0.1) is 0 Å². The van der Waals surface area contributed by atoms with Gasteiger partial charge in [0.05, 0.1) is 16.7 Å². The molecule has 0 unspecified atom stereocenters. The third-order valence-electron chi connectivity index (χ3n) is 6.15. The number of nitrogens with zero attached hydrogens (tertiary/aromatic N) is 2. The van der Waals surface area contributed by atoms with E-state index in [0.29, 0.717) is 17.0 Å². The molecule has 2 heteroatoms. The van der Waals surface area contributed by atoms with Gasteiger partial charge in [-0.05, 0) is 71.6 Å². The van der Waals surface area contributed by atoms with Crippen LogP contribution in [0.3, 0.4) is 0 Å². The maximum atomic E-state index is 8.98. The SMILES string of the molecule is [2H]C([2H])([2H])/C(=C/C=C\C)C(=C)c1cccc(-c2nc3ccccc3n2-c2c(C([2H])(C)C)cccc2C([2H])(C)C)c1. The van der Waals surface area contributed by atoms with Crippen LogP contribution in [0.4, 0.5) is 0 Å². The maximum Gasteiger partial charge on any atom is 0.145 e. The predicted octanol–water partition coefficient (Wildman–Crippen LogP) is 9.47. The van der Waals surface area contributed by atoms with Crippen molar-refractivity contribution in [2.24, 2.45) is 0 Å². The Kier molecular flexibility index (Phi) is 5.50. The molecule has 1 heterocycles. The minimum absolute atomic E-state index is 0.177. The van der Waals surface area contributed by atoms with Crippen LogP contribution >= 0.6 is 0 Å². The maximum absolute atomic E-state index is 8.98. The van der Waals surface area contributed by atoms with Gasteiger partial charge in [0.15, 0.2) is 0 Å². The van der Waals surface area contributed by atoms with Gasteiger partial charge in [0.1, 0.15) is 5.82 Å². The van der Waals surface area contributed by atoms with Crippen LogP contribution in [0.2, 0.25) is 0 Å². The van der Waals surface area contributed by atoms with Crippen molar-refractivity contribution < 1.29 is 6.85 Å². The second-order valence-corrected chi connectivity index (χ2v) is 9.13. The lowest BCUT2D eigenvalue weighted by Crippen LogP contribution is -2.08. The quantitative estimate of drug-likeness (QED) is 0.248. The van der Waals surface area contributed by atoms with E-state index < -0.39 is 18.6 Å². The summed E-state index contributed by atoms with van der Waals surface area (Å²) >= 11 is 0. The molecule has 0 N–H and O–H groups in total. The van der Waals surface area contributed by atoms with E-state index in [1.807, 2.05) is 101 Å². The Balaban J connectivity index is 2.05. The summed E-state index contributed by atoms with van der Waals surface area (Å²) in [5.74, 6) is -1.24. The summed E-state index contributed by atoms with van der Waals surface area (Å²) in [6, 6.07) is 21.2. The normalized spacial score (nSPS) is 15.5. The van der Waals surface area contributed by atoms with Crippen molar-refractivity contribution in [1.82, 2.24) is 9.55 Å². The number of rotatable bonds is 7. The van der Waals surface area contributed by atoms with Crippen LogP contribution < -0.4 is 0 Å². The van der Waals surface area contributed by atoms with Gasteiger partial charge in [-0.1, -0.05) is 101 Å². The number of imidazole rings is 1. The van der Waals surface area contributed by atoms with Crippen LogP contribution in [0, 0.1) is 0 Å². The second kappa shape index (κ2) is 10.3. The molecule has 2 nitrogen and oxygen atoms in total. The fourth-order valence-electron chi connectivity index (χ4n) is 4.33. The fourth-order valence-corrected chi connectivity index (χ4v) is 4.33. The van der Waals surface area contributed by atoms with Crippen LogP contribution in [-0.2, 0) is 0 Å². The highest BCUT2D eigenvalue weighted by Gasteiger charge is 2.22. The van der Waals surface area contributed by atoms with Crippen molar-refractivity contribution in [2.45, 2.75) is 53.3 Å². The number of hydrogen-bond acceptors (Lipinski definition) is 1. The lowest BCUT2D eigenvalue weighted by Gasteiger charge is -2.22. The Morgan fingerprint density at radius 3 is 2.31 bits per heavy atom. The van der Waals surface area contributed by atoms with E-state index in [9.17, 15) is 0 Å². The molecule has 0 amide bonds.